The highest BCUT2D eigenvalue weighted by Crippen LogP contribution is 2.32. The summed E-state index contributed by atoms with van der Waals surface area (Å²) in [6, 6.07) is 18.3. The number of sulfone groups is 1. The second-order valence-electron chi connectivity index (χ2n) is 6.44. The Kier molecular flexibility index (Phi) is 5.46. The minimum absolute atomic E-state index is 0.0468. The van der Waals surface area contributed by atoms with Gasteiger partial charge in [0.05, 0.1) is 4.91 Å². The lowest BCUT2D eigenvalue weighted by atomic mass is 9.90. The van der Waals surface area contributed by atoms with Gasteiger partial charge in [0.2, 0.25) is 0 Å². The highest BCUT2D eigenvalue weighted by Gasteiger charge is 2.34. The first kappa shape index (κ1) is 19.6. The fraction of sp³-hybridized carbons (Fsp3) is 0.143. The maximum absolute atomic E-state index is 13.5. The third-order valence-electron chi connectivity index (χ3n) is 4.53. The molecule has 0 bridgehead atoms. The molecule has 7 heteroatoms. The molecule has 0 aromatic heterocycles. The van der Waals surface area contributed by atoms with Gasteiger partial charge in [-0.2, -0.15) is 0 Å². The fourth-order valence-corrected chi connectivity index (χ4v) is 4.04. The topological polar surface area (TPSA) is 87.0 Å². The van der Waals surface area contributed by atoms with E-state index in [9.17, 15) is 18.4 Å². The molecule has 6 nitrogen and oxygen atoms in total. The summed E-state index contributed by atoms with van der Waals surface area (Å²) in [4.78, 5) is 14.9. The van der Waals surface area contributed by atoms with Crippen LogP contribution < -0.4 is 4.90 Å². The molecular formula is C21H20N2O4S. The van der Waals surface area contributed by atoms with Gasteiger partial charge >= 0.3 is 0 Å². The quantitative estimate of drug-likeness (QED) is 0.631. The van der Waals surface area contributed by atoms with Gasteiger partial charge in [-0.1, -0.05) is 54.6 Å². The third kappa shape index (κ3) is 3.75. The van der Waals surface area contributed by atoms with Gasteiger partial charge in [-0.25, -0.2) is 8.42 Å². The number of carbonyl (C=O) groups excluding carboxylic acids is 1. The third-order valence-corrected chi connectivity index (χ3v) is 5.67. The molecule has 28 heavy (non-hydrogen) atoms. The van der Waals surface area contributed by atoms with Crippen molar-refractivity contribution in [2.45, 2.75) is 6.92 Å². The molecule has 144 valence electrons. The second-order valence-corrected chi connectivity index (χ2v) is 8.43. The molecule has 2 aromatic carbocycles. The maximum Gasteiger partial charge on any atom is 0.259 e. The number of rotatable bonds is 4. The lowest BCUT2D eigenvalue weighted by molar-refractivity contribution is -0.114. The van der Waals surface area contributed by atoms with Crippen LogP contribution in [0.25, 0.3) is 0 Å². The van der Waals surface area contributed by atoms with Crippen LogP contribution in [0.1, 0.15) is 6.92 Å². The average Bonchev–Trinajstić information content (AvgIpc) is 2.68. The summed E-state index contributed by atoms with van der Waals surface area (Å²) in [7, 11) is -3.59. The summed E-state index contributed by atoms with van der Waals surface area (Å²) in [5, 5.41) is 12.6. The molecule has 3 rings (SSSR count). The van der Waals surface area contributed by atoms with Crippen LogP contribution in [0.3, 0.4) is 0 Å². The van der Waals surface area contributed by atoms with Crippen molar-refractivity contribution in [1.82, 2.24) is 0 Å². The molecule has 0 saturated heterocycles. The SMILES string of the molecule is CC1C(C(=O)N(c2ccccc2)c2ccccc2)=CC=C(S(C)(=O)=O)C1=NO. The van der Waals surface area contributed by atoms with Gasteiger partial charge in [0, 0.05) is 29.1 Å². The second kappa shape index (κ2) is 7.82. The highest BCUT2D eigenvalue weighted by atomic mass is 32.2. The Labute approximate surface area is 164 Å². The van der Waals surface area contributed by atoms with Gasteiger partial charge < -0.3 is 5.21 Å². The average molecular weight is 396 g/mol. The Morgan fingerprint density at radius 3 is 1.89 bits per heavy atom. The van der Waals surface area contributed by atoms with Crippen molar-refractivity contribution in [2.75, 3.05) is 11.2 Å². The fourth-order valence-electron chi connectivity index (χ4n) is 3.13. The number of anilines is 2. The Morgan fingerprint density at radius 2 is 1.46 bits per heavy atom. The zero-order valence-corrected chi connectivity index (χ0v) is 16.3. The Bertz CT molecular complexity index is 1030. The van der Waals surface area contributed by atoms with E-state index in [1.165, 1.54) is 12.2 Å². The van der Waals surface area contributed by atoms with Gasteiger partial charge in [-0.3, -0.25) is 9.69 Å². The van der Waals surface area contributed by atoms with Crippen LogP contribution in [0.2, 0.25) is 0 Å². The maximum atomic E-state index is 13.5. The van der Waals surface area contributed by atoms with E-state index in [1.54, 1.807) is 11.8 Å². The highest BCUT2D eigenvalue weighted by molar-refractivity contribution is 7.95. The number of allylic oxidation sites excluding steroid dienone is 3. The summed E-state index contributed by atoms with van der Waals surface area (Å²) in [6.45, 7) is 1.64. The number of para-hydroxylation sites is 2. The largest absolute Gasteiger partial charge is 0.411 e. The van der Waals surface area contributed by atoms with Crippen molar-refractivity contribution in [1.29, 1.82) is 0 Å². The predicted molar refractivity (Wildman–Crippen MR) is 109 cm³/mol. The van der Waals surface area contributed by atoms with Gasteiger partial charge in [0.1, 0.15) is 5.71 Å². The minimum Gasteiger partial charge on any atom is -0.411 e. The molecular weight excluding hydrogens is 376 g/mol. The van der Waals surface area contributed by atoms with Crippen LogP contribution in [0.4, 0.5) is 11.4 Å². The molecule has 1 aliphatic rings. The number of hydrogen-bond donors (Lipinski definition) is 1. The van der Waals surface area contributed by atoms with Crippen LogP contribution in [0.15, 0.2) is 88.4 Å². The molecule has 0 spiro atoms. The smallest absolute Gasteiger partial charge is 0.259 e. The number of amides is 1. The van der Waals surface area contributed by atoms with E-state index in [1.807, 2.05) is 60.7 Å². The summed E-state index contributed by atoms with van der Waals surface area (Å²) in [5.41, 5.74) is 1.63. The van der Waals surface area contributed by atoms with E-state index in [0.29, 0.717) is 16.9 Å². The van der Waals surface area contributed by atoms with Gasteiger partial charge in [0.15, 0.2) is 9.84 Å². The van der Waals surface area contributed by atoms with Gasteiger partial charge in [-0.05, 0) is 30.3 Å². The molecule has 1 amide bonds. The lowest BCUT2D eigenvalue weighted by Crippen LogP contribution is -2.34. The summed E-state index contributed by atoms with van der Waals surface area (Å²) in [5.74, 6) is -1.02. The molecule has 0 saturated carbocycles. The normalized spacial score (nSPS) is 18.4. The predicted octanol–water partition coefficient (Wildman–Crippen LogP) is 3.69. The lowest BCUT2D eigenvalue weighted by Gasteiger charge is -2.28. The molecule has 1 atom stereocenters. The zero-order chi connectivity index (χ0) is 20.3. The van der Waals surface area contributed by atoms with Gasteiger partial charge in [-0.15, -0.1) is 0 Å². The van der Waals surface area contributed by atoms with E-state index in [4.69, 9.17) is 0 Å². The first-order valence-electron chi connectivity index (χ1n) is 8.63. The van der Waals surface area contributed by atoms with E-state index in [2.05, 4.69) is 5.16 Å². The van der Waals surface area contributed by atoms with E-state index < -0.39 is 15.8 Å². The van der Waals surface area contributed by atoms with Crippen LogP contribution in [0.5, 0.6) is 0 Å². The zero-order valence-electron chi connectivity index (χ0n) is 15.5. The number of nitrogens with zero attached hydrogens (tertiary/aromatic N) is 2. The number of carbonyl (C=O) groups is 1. The Morgan fingerprint density at radius 1 is 0.964 bits per heavy atom. The van der Waals surface area contributed by atoms with Crippen molar-refractivity contribution in [2.24, 2.45) is 11.1 Å². The van der Waals surface area contributed by atoms with Crippen molar-refractivity contribution < 1.29 is 18.4 Å². The van der Waals surface area contributed by atoms with Crippen molar-refractivity contribution in [3.63, 3.8) is 0 Å². The standard InChI is InChI=1S/C21H20N2O4S/c1-15-18(13-14-19(20(15)22-25)28(2,26)27)21(24)23(16-9-5-3-6-10-16)17-11-7-4-8-12-17/h3-15,25H,1-2H3. The molecule has 2 aromatic rings. The number of hydrogen-bond acceptors (Lipinski definition) is 5. The monoisotopic (exact) mass is 396 g/mol. The first-order chi connectivity index (χ1) is 13.3. The molecule has 1 aliphatic carbocycles. The molecule has 1 N–H and O–H groups in total. The summed E-state index contributed by atoms with van der Waals surface area (Å²) < 4.78 is 23.9. The van der Waals surface area contributed by atoms with Crippen molar-refractivity contribution in [3.8, 4) is 0 Å². The molecule has 0 heterocycles. The van der Waals surface area contributed by atoms with Crippen LogP contribution in [-0.4, -0.2) is 31.5 Å². The molecule has 0 fully saturated rings. The number of benzene rings is 2. The van der Waals surface area contributed by atoms with Crippen molar-refractivity contribution in [3.05, 3.63) is 83.3 Å². The Hall–Kier alpha value is -3.19. The summed E-state index contributed by atoms with van der Waals surface area (Å²) in [6.07, 6.45) is 3.83. The van der Waals surface area contributed by atoms with E-state index >= 15 is 0 Å². The molecule has 0 aliphatic heterocycles. The molecule has 0 radical (unpaired) electrons. The van der Waals surface area contributed by atoms with Gasteiger partial charge in [0.25, 0.3) is 5.91 Å². The Balaban J connectivity index is 2.12. The van der Waals surface area contributed by atoms with Crippen molar-refractivity contribution >= 4 is 32.8 Å². The minimum atomic E-state index is -3.59. The number of oxime groups is 1. The summed E-state index contributed by atoms with van der Waals surface area (Å²) >= 11 is 0. The van der Waals surface area contributed by atoms with E-state index in [0.717, 1.165) is 6.26 Å². The van der Waals surface area contributed by atoms with Crippen LogP contribution in [0, 0.1) is 5.92 Å². The van der Waals surface area contributed by atoms with E-state index in [-0.39, 0.29) is 16.5 Å². The van der Waals surface area contributed by atoms with Crippen LogP contribution >= 0.6 is 0 Å². The first-order valence-corrected chi connectivity index (χ1v) is 10.5. The molecule has 1 unspecified atom stereocenters. The van der Waals surface area contributed by atoms with Crippen LogP contribution in [-0.2, 0) is 14.6 Å².